The summed E-state index contributed by atoms with van der Waals surface area (Å²) in [6.07, 6.45) is 0.167. The van der Waals surface area contributed by atoms with Crippen LogP contribution in [-0.2, 0) is 19.5 Å². The van der Waals surface area contributed by atoms with E-state index < -0.39 is 23.8 Å². The van der Waals surface area contributed by atoms with Gasteiger partial charge in [0.05, 0.1) is 12.1 Å². The average Bonchev–Trinajstić information content (AvgIpc) is 2.86. The zero-order chi connectivity index (χ0) is 29.2. The van der Waals surface area contributed by atoms with Crippen LogP contribution in [0.25, 0.3) is 0 Å². The Kier molecular flexibility index (Phi) is 12.5. The van der Waals surface area contributed by atoms with Gasteiger partial charge < -0.3 is 20.6 Å². The van der Waals surface area contributed by atoms with Crippen LogP contribution in [0, 0.1) is 28.0 Å². The molecule has 216 valence electrons. The van der Waals surface area contributed by atoms with Crippen LogP contribution in [0.15, 0.2) is 60.7 Å². The molecule has 2 unspecified atom stereocenters. The van der Waals surface area contributed by atoms with Gasteiger partial charge in [-0.2, -0.15) is 0 Å². The number of nitrogens with one attached hydrogen (secondary N) is 2. The van der Waals surface area contributed by atoms with Crippen molar-refractivity contribution >= 4 is 28.5 Å². The molecule has 5 nitrogen and oxygen atoms in total. The second-order valence-corrected chi connectivity index (χ2v) is 12.3. The highest BCUT2D eigenvalue weighted by atomic mass is 127. The Balaban J connectivity index is 1.74. The summed E-state index contributed by atoms with van der Waals surface area (Å²) in [6, 6.07) is 16.3. The van der Waals surface area contributed by atoms with Crippen LogP contribution in [0.5, 0.6) is 0 Å². The van der Waals surface area contributed by atoms with Crippen molar-refractivity contribution < 1.29 is 18.7 Å². The summed E-state index contributed by atoms with van der Waals surface area (Å²) in [7, 11) is 2.07. The third-order valence-corrected chi connectivity index (χ3v) is 7.34. The van der Waals surface area contributed by atoms with E-state index in [9.17, 15) is 18.7 Å². The Morgan fingerprint density at radius 1 is 1.00 bits per heavy atom. The van der Waals surface area contributed by atoms with E-state index in [0.29, 0.717) is 30.1 Å². The standard InChI is InChI=1S/C32H40F2IN3O2/c1-21(2)8-9-38(4)20-25-10-22(3)11-26(12-25)32(40)37-30(16-24-13-27(33)17-28(34)14-24)31(39)19-36-18-23-6-5-7-29(35)15-23/h5-7,10-15,17,21,30-31,36,39H,8-9,16,18-20H2,1-4H3,(H,37,40). The van der Waals surface area contributed by atoms with Gasteiger partial charge in [-0.3, -0.25) is 4.79 Å². The van der Waals surface area contributed by atoms with Crippen LogP contribution in [0.1, 0.15) is 52.9 Å². The number of hydrogen-bond acceptors (Lipinski definition) is 4. The van der Waals surface area contributed by atoms with E-state index in [1.54, 1.807) is 0 Å². The number of amides is 1. The summed E-state index contributed by atoms with van der Waals surface area (Å²) < 4.78 is 28.9. The molecule has 2 atom stereocenters. The van der Waals surface area contributed by atoms with Crippen molar-refractivity contribution in [3.8, 4) is 0 Å². The predicted octanol–water partition coefficient (Wildman–Crippen LogP) is 5.85. The highest BCUT2D eigenvalue weighted by Crippen LogP contribution is 2.16. The highest BCUT2D eigenvalue weighted by molar-refractivity contribution is 14.1. The molecule has 3 rings (SSSR count). The summed E-state index contributed by atoms with van der Waals surface area (Å²) in [4.78, 5) is 15.7. The molecule has 0 radical (unpaired) electrons. The Morgan fingerprint density at radius 2 is 1.73 bits per heavy atom. The van der Waals surface area contributed by atoms with Gasteiger partial charge in [0, 0.05) is 34.8 Å². The van der Waals surface area contributed by atoms with E-state index in [-0.39, 0.29) is 18.9 Å². The minimum absolute atomic E-state index is 0.0725. The lowest BCUT2D eigenvalue weighted by Crippen LogP contribution is -2.48. The van der Waals surface area contributed by atoms with E-state index in [1.165, 1.54) is 12.1 Å². The molecule has 1 amide bonds. The van der Waals surface area contributed by atoms with Gasteiger partial charge in [-0.25, -0.2) is 8.78 Å². The molecule has 0 heterocycles. The van der Waals surface area contributed by atoms with Gasteiger partial charge in [-0.1, -0.05) is 37.6 Å². The first-order valence-corrected chi connectivity index (χ1v) is 14.7. The molecular formula is C32H40F2IN3O2. The molecule has 0 bridgehead atoms. The third kappa shape index (κ3) is 10.9. The molecular weight excluding hydrogens is 623 g/mol. The minimum atomic E-state index is -0.996. The van der Waals surface area contributed by atoms with Crippen molar-refractivity contribution in [2.45, 2.75) is 58.8 Å². The first-order chi connectivity index (χ1) is 19.0. The molecule has 0 saturated carbocycles. The van der Waals surface area contributed by atoms with Gasteiger partial charge in [0.2, 0.25) is 0 Å². The fourth-order valence-electron chi connectivity index (χ4n) is 4.63. The maximum atomic E-state index is 13.9. The van der Waals surface area contributed by atoms with Gasteiger partial charge in [0.1, 0.15) is 11.6 Å². The summed E-state index contributed by atoms with van der Waals surface area (Å²) in [5.41, 5.74) is 3.90. The van der Waals surface area contributed by atoms with Gasteiger partial charge in [-0.15, -0.1) is 0 Å². The fourth-order valence-corrected chi connectivity index (χ4v) is 5.23. The van der Waals surface area contributed by atoms with Crippen molar-refractivity contribution in [1.82, 2.24) is 15.5 Å². The van der Waals surface area contributed by atoms with Crippen LogP contribution >= 0.6 is 22.6 Å². The summed E-state index contributed by atoms with van der Waals surface area (Å²) in [5, 5.41) is 17.3. The van der Waals surface area contributed by atoms with Crippen molar-refractivity contribution in [1.29, 1.82) is 0 Å². The zero-order valence-electron chi connectivity index (χ0n) is 23.7. The van der Waals surface area contributed by atoms with Crippen LogP contribution in [0.3, 0.4) is 0 Å². The minimum Gasteiger partial charge on any atom is -0.390 e. The molecule has 0 spiro atoms. The summed E-state index contributed by atoms with van der Waals surface area (Å²) in [6.45, 7) is 8.74. The van der Waals surface area contributed by atoms with E-state index in [2.05, 4.69) is 65.1 Å². The molecule has 3 aromatic carbocycles. The molecule has 0 aromatic heterocycles. The number of aliphatic hydroxyl groups excluding tert-OH is 1. The highest BCUT2D eigenvalue weighted by Gasteiger charge is 2.23. The lowest BCUT2D eigenvalue weighted by molar-refractivity contribution is 0.0829. The average molecular weight is 664 g/mol. The smallest absolute Gasteiger partial charge is 0.251 e. The molecule has 0 aliphatic rings. The SMILES string of the molecule is Cc1cc(CN(C)CCC(C)C)cc(C(=O)NC(Cc2cc(F)cc(F)c2)C(O)CNCc2cccc(I)c2)c1. The number of aliphatic hydroxyl groups is 1. The molecule has 40 heavy (non-hydrogen) atoms. The largest absolute Gasteiger partial charge is 0.390 e. The summed E-state index contributed by atoms with van der Waals surface area (Å²) in [5.74, 6) is -1.12. The van der Waals surface area contributed by atoms with Crippen molar-refractivity contribution in [2.24, 2.45) is 5.92 Å². The Labute approximate surface area is 250 Å². The van der Waals surface area contributed by atoms with Crippen molar-refractivity contribution in [3.05, 3.63) is 104 Å². The lowest BCUT2D eigenvalue weighted by atomic mass is 9.99. The molecule has 0 aliphatic heterocycles. The van der Waals surface area contributed by atoms with Gasteiger partial charge in [0.15, 0.2) is 0 Å². The first kappa shape index (κ1) is 32.1. The Morgan fingerprint density at radius 3 is 2.40 bits per heavy atom. The van der Waals surface area contributed by atoms with E-state index in [1.807, 2.05) is 43.3 Å². The van der Waals surface area contributed by atoms with Crippen LogP contribution in [0.2, 0.25) is 0 Å². The molecule has 0 aliphatic carbocycles. The Hall–Kier alpha value is -2.40. The number of aryl methyl sites for hydroxylation is 1. The number of rotatable bonds is 14. The van der Waals surface area contributed by atoms with Crippen LogP contribution in [-0.4, -0.2) is 48.2 Å². The third-order valence-electron chi connectivity index (χ3n) is 6.67. The predicted molar refractivity (Wildman–Crippen MR) is 165 cm³/mol. The number of carbonyl (C=O) groups is 1. The van der Waals surface area contributed by atoms with Crippen LogP contribution in [0.4, 0.5) is 8.78 Å². The number of halogens is 3. The van der Waals surface area contributed by atoms with Crippen LogP contribution < -0.4 is 10.6 Å². The quantitative estimate of drug-likeness (QED) is 0.190. The number of benzene rings is 3. The van der Waals surface area contributed by atoms with Gasteiger partial charge in [-0.05, 0) is 115 Å². The van der Waals surface area contributed by atoms with Gasteiger partial charge >= 0.3 is 0 Å². The lowest BCUT2D eigenvalue weighted by Gasteiger charge is -2.25. The molecule has 0 fully saturated rings. The maximum absolute atomic E-state index is 13.9. The number of hydrogen-bond donors (Lipinski definition) is 3. The topological polar surface area (TPSA) is 64.6 Å². The molecule has 0 saturated heterocycles. The zero-order valence-corrected chi connectivity index (χ0v) is 25.8. The van der Waals surface area contributed by atoms with E-state index in [4.69, 9.17) is 0 Å². The number of nitrogens with zero attached hydrogens (tertiary/aromatic N) is 1. The second-order valence-electron chi connectivity index (χ2n) is 11.0. The maximum Gasteiger partial charge on any atom is 0.251 e. The monoisotopic (exact) mass is 663 g/mol. The fraction of sp³-hybridized carbons (Fsp3) is 0.406. The van der Waals surface area contributed by atoms with Gasteiger partial charge in [0.25, 0.3) is 5.91 Å². The second kappa shape index (κ2) is 15.6. The normalized spacial score (nSPS) is 13.1. The number of carbonyl (C=O) groups excluding carboxylic acids is 1. The van der Waals surface area contributed by atoms with E-state index >= 15 is 0 Å². The van der Waals surface area contributed by atoms with Crippen molar-refractivity contribution in [3.63, 3.8) is 0 Å². The molecule has 8 heteroatoms. The van der Waals surface area contributed by atoms with Crippen molar-refractivity contribution in [2.75, 3.05) is 20.1 Å². The Bertz CT molecular complexity index is 1250. The van der Waals surface area contributed by atoms with E-state index in [0.717, 1.165) is 39.3 Å². The molecule has 3 aromatic rings. The molecule has 3 N–H and O–H groups in total. The first-order valence-electron chi connectivity index (χ1n) is 13.7. The summed E-state index contributed by atoms with van der Waals surface area (Å²) >= 11 is 2.25.